The van der Waals surface area contributed by atoms with Crippen molar-refractivity contribution < 1.29 is 0 Å². The highest BCUT2D eigenvalue weighted by Gasteiger charge is 2.31. The van der Waals surface area contributed by atoms with E-state index < -0.39 is 0 Å². The number of likely N-dealkylation sites (N-methyl/N-ethyl adjacent to an activating group) is 1. The molecule has 1 rings (SSSR count). The Morgan fingerprint density at radius 3 is 2.50 bits per heavy atom. The molecule has 3 atom stereocenters. The van der Waals surface area contributed by atoms with E-state index in [1.54, 1.807) is 0 Å². The smallest absolute Gasteiger partial charge is 0.0254 e. The molecule has 0 aromatic carbocycles. The number of rotatable bonds is 6. The van der Waals surface area contributed by atoms with Gasteiger partial charge in [-0.1, -0.05) is 36.2 Å². The van der Waals surface area contributed by atoms with E-state index in [1.165, 1.54) is 32.5 Å². The molecule has 96 valence electrons. The van der Waals surface area contributed by atoms with Gasteiger partial charge in [0.15, 0.2) is 0 Å². The van der Waals surface area contributed by atoms with Crippen LogP contribution < -0.4 is 0 Å². The van der Waals surface area contributed by atoms with E-state index in [0.29, 0.717) is 0 Å². The highest BCUT2D eigenvalue weighted by atomic mass is 79.9. The topological polar surface area (TPSA) is 6.48 Å². The Morgan fingerprint density at radius 2 is 2.06 bits per heavy atom. The van der Waals surface area contributed by atoms with Gasteiger partial charge in [0.25, 0.3) is 0 Å². The summed E-state index contributed by atoms with van der Waals surface area (Å²) in [4.78, 5) is 5.03. The van der Waals surface area contributed by atoms with Gasteiger partial charge in [0.05, 0.1) is 0 Å². The number of hydrogen-bond donors (Lipinski definition) is 0. The quantitative estimate of drug-likeness (QED) is 0.694. The van der Waals surface area contributed by atoms with Crippen LogP contribution in [0.3, 0.4) is 0 Å². The van der Waals surface area contributed by atoms with Gasteiger partial charge in [0.2, 0.25) is 0 Å². The summed E-state index contributed by atoms with van der Waals surface area (Å²) in [7, 11) is 4.41. The number of likely N-dealkylation sites (tertiary alicyclic amines) is 1. The second-order valence-electron chi connectivity index (χ2n) is 5.54. The average Bonchev–Trinajstić information content (AvgIpc) is 2.59. The molecule has 0 N–H and O–H groups in total. The van der Waals surface area contributed by atoms with Crippen molar-refractivity contribution in [3.63, 3.8) is 0 Å². The molecule has 1 heterocycles. The molecule has 1 aliphatic rings. The first-order valence-electron chi connectivity index (χ1n) is 6.53. The molecule has 0 bridgehead atoms. The SMILES string of the molecule is CCCC(CBr)CN1CC(C)C(N(C)C)C1. The van der Waals surface area contributed by atoms with Crippen molar-refractivity contribution in [1.29, 1.82) is 0 Å². The molecule has 2 nitrogen and oxygen atoms in total. The Bertz CT molecular complexity index is 196. The lowest BCUT2D eigenvalue weighted by atomic mass is 10.1. The fraction of sp³-hybridized carbons (Fsp3) is 1.00. The molecule has 3 heteroatoms. The summed E-state index contributed by atoms with van der Waals surface area (Å²) in [5.74, 6) is 1.64. The molecule has 1 saturated heterocycles. The van der Waals surface area contributed by atoms with Crippen LogP contribution in [-0.4, -0.2) is 54.9 Å². The lowest BCUT2D eigenvalue weighted by molar-refractivity contribution is 0.239. The minimum absolute atomic E-state index is 0.748. The van der Waals surface area contributed by atoms with E-state index in [1.807, 2.05) is 0 Å². The molecular formula is C13H27BrN2. The molecule has 1 fully saturated rings. The van der Waals surface area contributed by atoms with Crippen molar-refractivity contribution in [2.75, 3.05) is 39.1 Å². The van der Waals surface area contributed by atoms with Crippen LogP contribution in [0.15, 0.2) is 0 Å². The predicted molar refractivity (Wildman–Crippen MR) is 75.3 cm³/mol. The van der Waals surface area contributed by atoms with Crippen molar-refractivity contribution in [1.82, 2.24) is 9.80 Å². The third kappa shape index (κ3) is 4.01. The molecule has 0 radical (unpaired) electrons. The second kappa shape index (κ2) is 6.97. The van der Waals surface area contributed by atoms with Crippen LogP contribution >= 0.6 is 15.9 Å². The van der Waals surface area contributed by atoms with Crippen LogP contribution in [0.4, 0.5) is 0 Å². The van der Waals surface area contributed by atoms with Crippen molar-refractivity contribution in [3.8, 4) is 0 Å². The second-order valence-corrected chi connectivity index (χ2v) is 6.18. The lowest BCUT2D eigenvalue weighted by Crippen LogP contribution is -2.35. The van der Waals surface area contributed by atoms with E-state index in [0.717, 1.165) is 23.2 Å². The molecule has 16 heavy (non-hydrogen) atoms. The van der Waals surface area contributed by atoms with Crippen LogP contribution in [0.5, 0.6) is 0 Å². The number of nitrogens with zero attached hydrogens (tertiary/aromatic N) is 2. The van der Waals surface area contributed by atoms with E-state index in [-0.39, 0.29) is 0 Å². The molecule has 0 saturated carbocycles. The molecule has 0 spiro atoms. The molecular weight excluding hydrogens is 264 g/mol. The van der Waals surface area contributed by atoms with Gasteiger partial charge in [0, 0.05) is 31.0 Å². The first-order chi connectivity index (χ1) is 7.58. The summed E-state index contributed by atoms with van der Waals surface area (Å²) in [6, 6.07) is 0.748. The van der Waals surface area contributed by atoms with Crippen LogP contribution in [0, 0.1) is 11.8 Å². The van der Waals surface area contributed by atoms with Crippen LogP contribution in [0.2, 0.25) is 0 Å². The van der Waals surface area contributed by atoms with Crippen LogP contribution in [-0.2, 0) is 0 Å². The maximum absolute atomic E-state index is 3.65. The number of hydrogen-bond acceptors (Lipinski definition) is 2. The normalized spacial score (nSPS) is 28.9. The standard InChI is InChI=1S/C13H27BrN2/c1-5-6-12(7-14)9-16-8-11(2)13(10-16)15(3)4/h11-13H,5-10H2,1-4H3. The summed E-state index contributed by atoms with van der Waals surface area (Å²) in [6.45, 7) is 8.46. The van der Waals surface area contributed by atoms with Gasteiger partial charge in [0.1, 0.15) is 0 Å². The number of alkyl halides is 1. The lowest BCUT2D eigenvalue weighted by Gasteiger charge is -2.24. The first kappa shape index (κ1) is 14.5. The summed E-state index contributed by atoms with van der Waals surface area (Å²) >= 11 is 3.65. The molecule has 0 aromatic heterocycles. The van der Waals surface area contributed by atoms with E-state index in [9.17, 15) is 0 Å². The summed E-state index contributed by atoms with van der Waals surface area (Å²) in [5.41, 5.74) is 0. The van der Waals surface area contributed by atoms with Crippen molar-refractivity contribution in [2.24, 2.45) is 11.8 Å². The third-order valence-corrected chi connectivity index (χ3v) is 4.66. The van der Waals surface area contributed by atoms with Gasteiger partial charge in [-0.3, -0.25) is 0 Å². The van der Waals surface area contributed by atoms with E-state index >= 15 is 0 Å². The Morgan fingerprint density at radius 1 is 1.38 bits per heavy atom. The molecule has 1 aliphatic heterocycles. The van der Waals surface area contributed by atoms with Crippen LogP contribution in [0.25, 0.3) is 0 Å². The molecule has 0 aromatic rings. The number of halogens is 1. The zero-order chi connectivity index (χ0) is 12.1. The van der Waals surface area contributed by atoms with Crippen molar-refractivity contribution in [3.05, 3.63) is 0 Å². The zero-order valence-corrected chi connectivity index (χ0v) is 12.8. The van der Waals surface area contributed by atoms with Gasteiger partial charge < -0.3 is 9.80 Å². The van der Waals surface area contributed by atoms with E-state index in [4.69, 9.17) is 0 Å². The van der Waals surface area contributed by atoms with Crippen LogP contribution in [0.1, 0.15) is 26.7 Å². The Balaban J connectivity index is 2.39. The van der Waals surface area contributed by atoms with Gasteiger partial charge in [-0.15, -0.1) is 0 Å². The van der Waals surface area contributed by atoms with E-state index in [2.05, 4.69) is 53.7 Å². The summed E-state index contributed by atoms with van der Waals surface area (Å²) in [5, 5.41) is 1.15. The summed E-state index contributed by atoms with van der Waals surface area (Å²) < 4.78 is 0. The maximum Gasteiger partial charge on any atom is 0.0254 e. The predicted octanol–water partition coefficient (Wildman–Crippen LogP) is 2.68. The summed E-state index contributed by atoms with van der Waals surface area (Å²) in [6.07, 6.45) is 2.65. The first-order valence-corrected chi connectivity index (χ1v) is 7.65. The maximum atomic E-state index is 3.65. The molecule has 0 amide bonds. The highest BCUT2D eigenvalue weighted by Crippen LogP contribution is 2.22. The highest BCUT2D eigenvalue weighted by molar-refractivity contribution is 9.09. The molecule has 3 unspecified atom stereocenters. The van der Waals surface area contributed by atoms with Crippen molar-refractivity contribution in [2.45, 2.75) is 32.7 Å². The minimum atomic E-state index is 0.748. The third-order valence-electron chi connectivity index (χ3n) is 3.74. The van der Waals surface area contributed by atoms with Crippen molar-refractivity contribution >= 4 is 15.9 Å². The fourth-order valence-corrected chi connectivity index (χ4v) is 3.39. The van der Waals surface area contributed by atoms with Gasteiger partial charge >= 0.3 is 0 Å². The fourth-order valence-electron chi connectivity index (χ4n) is 2.86. The van der Waals surface area contributed by atoms with Gasteiger partial charge in [-0.2, -0.15) is 0 Å². The van der Waals surface area contributed by atoms with Gasteiger partial charge in [-0.25, -0.2) is 0 Å². The monoisotopic (exact) mass is 290 g/mol. The average molecular weight is 291 g/mol. The molecule has 0 aliphatic carbocycles. The minimum Gasteiger partial charge on any atom is -0.305 e. The Hall–Kier alpha value is 0.400. The zero-order valence-electron chi connectivity index (χ0n) is 11.2. The largest absolute Gasteiger partial charge is 0.305 e. The van der Waals surface area contributed by atoms with Gasteiger partial charge in [-0.05, 0) is 32.4 Å². The Kier molecular flexibility index (Phi) is 6.30. The Labute approximate surface area is 109 Å².